The molecular weight excluding hydrogens is 440 g/mol. The fourth-order valence-corrected chi connectivity index (χ4v) is 4.49. The van der Waals surface area contributed by atoms with E-state index in [0.717, 1.165) is 35.1 Å². The third-order valence-corrected chi connectivity index (χ3v) is 6.57. The predicted octanol–water partition coefficient (Wildman–Crippen LogP) is 6.04. The first-order chi connectivity index (χ1) is 16.9. The van der Waals surface area contributed by atoms with Crippen LogP contribution in [0.1, 0.15) is 64.2 Å². The Balaban J connectivity index is 1.73. The molecule has 6 nitrogen and oxygen atoms in total. The van der Waals surface area contributed by atoms with Crippen molar-refractivity contribution in [1.82, 2.24) is 4.98 Å². The van der Waals surface area contributed by atoms with Crippen LogP contribution in [0.3, 0.4) is 0 Å². The number of amides is 1. The van der Waals surface area contributed by atoms with Crippen molar-refractivity contribution in [3.63, 3.8) is 0 Å². The maximum atomic E-state index is 13.8. The molecule has 2 aromatic carbocycles. The zero-order valence-electron chi connectivity index (χ0n) is 20.4. The summed E-state index contributed by atoms with van der Waals surface area (Å²) in [5, 5.41) is 0.471. The zero-order valence-corrected chi connectivity index (χ0v) is 20.4. The Morgan fingerprint density at radius 3 is 2.57 bits per heavy atom. The van der Waals surface area contributed by atoms with Gasteiger partial charge in [0.15, 0.2) is 5.43 Å². The number of carbonyl (C=O) groups excluding carboxylic acids is 1. The van der Waals surface area contributed by atoms with Gasteiger partial charge >= 0.3 is 0 Å². The monoisotopic (exact) mass is 468 g/mol. The summed E-state index contributed by atoms with van der Waals surface area (Å²) in [5.74, 6) is 0.849. The fraction of sp³-hybridized carbons (Fsp3) is 0.276. The summed E-state index contributed by atoms with van der Waals surface area (Å²) < 4.78 is 12.0. The van der Waals surface area contributed by atoms with Gasteiger partial charge in [0.2, 0.25) is 5.76 Å². The standard InChI is InChI=1S/C29H28N2O4/c1-5-6-12-34-21-9-7-8-20(15-21)26-25-27(32)22-13-18(3)19(4)14-23(22)35-28(25)29(33)31(26)24-11-10-17(2)16-30-24/h7-11,13-16,26H,5-6,12H2,1-4H3. The van der Waals surface area contributed by atoms with Gasteiger partial charge < -0.3 is 9.15 Å². The Morgan fingerprint density at radius 2 is 1.83 bits per heavy atom. The number of anilines is 1. The minimum Gasteiger partial charge on any atom is -0.494 e. The second-order valence-electron chi connectivity index (χ2n) is 9.15. The lowest BCUT2D eigenvalue weighted by Gasteiger charge is -2.24. The summed E-state index contributed by atoms with van der Waals surface area (Å²) in [6.07, 6.45) is 3.69. The molecule has 1 unspecified atom stereocenters. The van der Waals surface area contributed by atoms with Crippen molar-refractivity contribution < 1.29 is 13.9 Å². The molecule has 3 heterocycles. The van der Waals surface area contributed by atoms with E-state index in [4.69, 9.17) is 9.15 Å². The minimum absolute atomic E-state index is 0.0652. The summed E-state index contributed by atoms with van der Waals surface area (Å²) in [4.78, 5) is 33.6. The molecule has 0 N–H and O–H groups in total. The van der Waals surface area contributed by atoms with Gasteiger partial charge in [-0.25, -0.2) is 4.98 Å². The van der Waals surface area contributed by atoms with E-state index < -0.39 is 6.04 Å². The van der Waals surface area contributed by atoms with Gasteiger partial charge in [0.1, 0.15) is 17.2 Å². The highest BCUT2D eigenvalue weighted by Gasteiger charge is 2.44. The van der Waals surface area contributed by atoms with E-state index >= 15 is 0 Å². The van der Waals surface area contributed by atoms with E-state index in [1.54, 1.807) is 17.2 Å². The molecule has 0 bridgehead atoms. The van der Waals surface area contributed by atoms with Gasteiger partial charge in [0.25, 0.3) is 5.91 Å². The van der Waals surface area contributed by atoms with Gasteiger partial charge in [-0.2, -0.15) is 0 Å². The van der Waals surface area contributed by atoms with Crippen LogP contribution in [0.5, 0.6) is 5.75 Å². The van der Waals surface area contributed by atoms with Crippen LogP contribution in [0.2, 0.25) is 0 Å². The van der Waals surface area contributed by atoms with E-state index in [0.29, 0.717) is 34.7 Å². The molecule has 6 heteroatoms. The van der Waals surface area contributed by atoms with E-state index in [9.17, 15) is 9.59 Å². The third-order valence-electron chi connectivity index (χ3n) is 6.57. The number of fused-ring (bicyclic) bond motifs is 2. The molecule has 1 atom stereocenters. The van der Waals surface area contributed by atoms with Gasteiger partial charge in [0.05, 0.1) is 23.6 Å². The first-order valence-electron chi connectivity index (χ1n) is 12.0. The van der Waals surface area contributed by atoms with Crippen molar-refractivity contribution in [2.75, 3.05) is 11.5 Å². The molecular formula is C29H28N2O4. The SMILES string of the molecule is CCCCOc1cccc(C2c3c(oc4cc(C)c(C)cc4c3=O)C(=O)N2c2ccc(C)cn2)c1. The maximum Gasteiger partial charge on any atom is 0.296 e. The van der Waals surface area contributed by atoms with Crippen molar-refractivity contribution in [1.29, 1.82) is 0 Å². The smallest absolute Gasteiger partial charge is 0.296 e. The average molecular weight is 469 g/mol. The Labute approximate surface area is 204 Å². The summed E-state index contributed by atoms with van der Waals surface area (Å²) in [7, 11) is 0. The number of hydrogen-bond acceptors (Lipinski definition) is 5. The summed E-state index contributed by atoms with van der Waals surface area (Å²) >= 11 is 0. The highest BCUT2D eigenvalue weighted by atomic mass is 16.5. The van der Waals surface area contributed by atoms with Crippen LogP contribution in [0, 0.1) is 20.8 Å². The number of unbranched alkanes of at least 4 members (excludes halogenated alkanes) is 1. The molecule has 35 heavy (non-hydrogen) atoms. The van der Waals surface area contributed by atoms with Crippen LogP contribution < -0.4 is 15.1 Å². The largest absolute Gasteiger partial charge is 0.494 e. The van der Waals surface area contributed by atoms with Crippen LogP contribution >= 0.6 is 0 Å². The number of pyridine rings is 1. The number of benzene rings is 2. The van der Waals surface area contributed by atoms with Crippen molar-refractivity contribution >= 4 is 22.7 Å². The number of ether oxygens (including phenoxy) is 1. The number of rotatable bonds is 6. The van der Waals surface area contributed by atoms with Crippen molar-refractivity contribution in [3.8, 4) is 5.75 Å². The second kappa shape index (κ2) is 9.02. The van der Waals surface area contributed by atoms with Crippen LogP contribution in [0.15, 0.2) is 63.9 Å². The normalized spacial score (nSPS) is 15.0. The zero-order chi connectivity index (χ0) is 24.7. The lowest BCUT2D eigenvalue weighted by Crippen LogP contribution is -2.30. The second-order valence-corrected chi connectivity index (χ2v) is 9.15. The molecule has 1 aliphatic heterocycles. The summed E-state index contributed by atoms with van der Waals surface area (Å²) in [6.45, 7) is 8.58. The van der Waals surface area contributed by atoms with Crippen LogP contribution in [0.4, 0.5) is 5.82 Å². The number of carbonyl (C=O) groups is 1. The third kappa shape index (κ3) is 3.99. The van der Waals surface area contributed by atoms with Gasteiger partial charge in [-0.05, 0) is 79.8 Å². The molecule has 0 radical (unpaired) electrons. The number of aromatic nitrogens is 1. The van der Waals surface area contributed by atoms with Gasteiger partial charge in [-0.1, -0.05) is 31.5 Å². The molecule has 0 spiro atoms. The fourth-order valence-electron chi connectivity index (χ4n) is 4.49. The highest BCUT2D eigenvalue weighted by Crippen LogP contribution is 2.41. The first-order valence-corrected chi connectivity index (χ1v) is 12.0. The van der Waals surface area contributed by atoms with E-state index in [2.05, 4.69) is 11.9 Å². The Kier molecular flexibility index (Phi) is 5.89. The van der Waals surface area contributed by atoms with Crippen molar-refractivity contribution in [2.24, 2.45) is 0 Å². The van der Waals surface area contributed by atoms with E-state index in [-0.39, 0.29) is 17.1 Å². The van der Waals surface area contributed by atoms with Crippen molar-refractivity contribution in [3.05, 3.63) is 98.5 Å². The topological polar surface area (TPSA) is 72.6 Å². The number of hydrogen-bond donors (Lipinski definition) is 0. The molecule has 5 rings (SSSR count). The van der Waals surface area contributed by atoms with E-state index in [1.807, 2.05) is 63.2 Å². The van der Waals surface area contributed by atoms with Gasteiger partial charge in [-0.3, -0.25) is 14.5 Å². The van der Waals surface area contributed by atoms with Crippen LogP contribution in [-0.4, -0.2) is 17.5 Å². The Hall–Kier alpha value is -3.93. The highest BCUT2D eigenvalue weighted by molar-refractivity contribution is 6.10. The molecule has 1 amide bonds. The summed E-state index contributed by atoms with van der Waals surface area (Å²) in [5.41, 5.74) is 4.29. The first kappa shape index (κ1) is 22.8. The Bertz CT molecular complexity index is 1490. The van der Waals surface area contributed by atoms with Gasteiger partial charge in [-0.15, -0.1) is 0 Å². The van der Waals surface area contributed by atoms with Crippen molar-refractivity contribution in [2.45, 2.75) is 46.6 Å². The maximum absolute atomic E-state index is 13.8. The quantitative estimate of drug-likeness (QED) is 0.323. The lowest BCUT2D eigenvalue weighted by atomic mass is 9.97. The van der Waals surface area contributed by atoms with Crippen LogP contribution in [-0.2, 0) is 0 Å². The molecule has 1 aliphatic rings. The Morgan fingerprint density at radius 1 is 1.03 bits per heavy atom. The minimum atomic E-state index is -0.676. The molecule has 0 fully saturated rings. The summed E-state index contributed by atoms with van der Waals surface area (Å²) in [6, 6.07) is 14.3. The van der Waals surface area contributed by atoms with Crippen LogP contribution in [0.25, 0.3) is 11.0 Å². The van der Waals surface area contributed by atoms with E-state index in [1.165, 1.54) is 0 Å². The van der Waals surface area contributed by atoms with Gasteiger partial charge in [0, 0.05) is 6.20 Å². The lowest BCUT2D eigenvalue weighted by molar-refractivity contribution is 0.0970. The molecule has 4 aromatic rings. The predicted molar refractivity (Wildman–Crippen MR) is 136 cm³/mol. The average Bonchev–Trinajstić information content (AvgIpc) is 3.14. The molecule has 0 saturated carbocycles. The molecule has 0 aliphatic carbocycles. The number of aryl methyl sites for hydroxylation is 3. The number of nitrogens with zero attached hydrogens (tertiary/aromatic N) is 2. The molecule has 178 valence electrons. The molecule has 2 aromatic heterocycles. The molecule has 0 saturated heterocycles.